The lowest BCUT2D eigenvalue weighted by Crippen LogP contribution is -2.40. The molecule has 0 spiro atoms. The molecule has 170 valence electrons. The molecule has 1 aromatic heterocycles. The predicted molar refractivity (Wildman–Crippen MR) is 122 cm³/mol. The van der Waals surface area contributed by atoms with E-state index >= 15 is 0 Å². The number of aliphatic hydroxyl groups is 3. The largest absolute Gasteiger partial charge is 0.405 e. The van der Waals surface area contributed by atoms with Crippen LogP contribution in [0.5, 0.6) is 0 Å². The van der Waals surface area contributed by atoms with Crippen LogP contribution in [0.1, 0.15) is 43.7 Å². The number of hydrogen-bond donors (Lipinski definition) is 4. The average Bonchev–Trinajstić information content (AvgIpc) is 3.03. The highest BCUT2D eigenvalue weighted by atomic mass is 35.5. The summed E-state index contributed by atoms with van der Waals surface area (Å²) in [5.41, 5.74) is 9.86. The summed E-state index contributed by atoms with van der Waals surface area (Å²) in [5.74, 6) is 0.438. The van der Waals surface area contributed by atoms with Gasteiger partial charge >= 0.3 is 6.16 Å². The number of amidine groups is 1. The van der Waals surface area contributed by atoms with Crippen LogP contribution in [0.25, 0.3) is 11.1 Å². The Kier molecular flexibility index (Phi) is 6.08. The summed E-state index contributed by atoms with van der Waals surface area (Å²) in [5, 5.41) is 28.0. The smallest absolute Gasteiger partial charge is 0.382 e. The number of ether oxygens (including phenoxy) is 1. The van der Waals surface area contributed by atoms with Gasteiger partial charge in [-0.2, -0.15) is 0 Å². The second kappa shape index (κ2) is 8.53. The van der Waals surface area contributed by atoms with E-state index in [2.05, 4.69) is 11.1 Å². The van der Waals surface area contributed by atoms with E-state index in [4.69, 9.17) is 47.4 Å². The lowest BCUT2D eigenvalue weighted by molar-refractivity contribution is -0.467. The zero-order valence-corrected chi connectivity index (χ0v) is 18.8. The number of halogens is 1. The van der Waals surface area contributed by atoms with E-state index in [1.54, 1.807) is 12.4 Å². The fourth-order valence-electron chi connectivity index (χ4n) is 4.70. The van der Waals surface area contributed by atoms with Gasteiger partial charge in [0.15, 0.2) is 5.66 Å². The number of aryl methyl sites for hydroxylation is 1. The van der Waals surface area contributed by atoms with Crippen LogP contribution in [0.3, 0.4) is 0 Å². The molecule has 0 amide bonds. The number of aromatic nitrogens is 1. The summed E-state index contributed by atoms with van der Waals surface area (Å²) < 4.78 is 4.93. The number of aliphatic imine (C=N–C) groups is 2. The molecule has 2 heterocycles. The topological polar surface area (TPSA) is 134 Å². The molecule has 0 saturated heterocycles. The van der Waals surface area contributed by atoms with Gasteiger partial charge in [0.1, 0.15) is 5.84 Å². The van der Waals surface area contributed by atoms with Crippen molar-refractivity contribution in [2.75, 3.05) is 0 Å². The summed E-state index contributed by atoms with van der Waals surface area (Å²) in [6, 6.07) is 8.00. The molecule has 4 rings (SSSR count). The van der Waals surface area contributed by atoms with Gasteiger partial charge in [-0.1, -0.05) is 23.7 Å². The van der Waals surface area contributed by atoms with E-state index in [0.717, 1.165) is 22.3 Å². The third kappa shape index (κ3) is 4.55. The normalized spacial score (nSPS) is 26.1. The minimum atomic E-state index is -3.13. The first-order chi connectivity index (χ1) is 15.1. The van der Waals surface area contributed by atoms with Gasteiger partial charge in [0.05, 0.1) is 16.8 Å². The van der Waals surface area contributed by atoms with E-state index in [9.17, 15) is 0 Å². The van der Waals surface area contributed by atoms with Gasteiger partial charge in [-0.25, -0.2) is 4.99 Å². The lowest BCUT2D eigenvalue weighted by Gasteiger charge is -2.39. The van der Waals surface area contributed by atoms with Crippen molar-refractivity contribution in [3.63, 3.8) is 0 Å². The molecule has 2 aromatic rings. The first kappa shape index (κ1) is 22.8. The Morgan fingerprint density at radius 3 is 2.34 bits per heavy atom. The fraction of sp³-hybridized carbons (Fsp3) is 0.435. The summed E-state index contributed by atoms with van der Waals surface area (Å²) in [7, 11) is 0. The molecule has 1 fully saturated rings. The molecular weight excluding hydrogens is 432 g/mol. The molecule has 1 atom stereocenters. The summed E-state index contributed by atoms with van der Waals surface area (Å²) in [6.07, 6.45) is 2.14. The SMILES string of the molecule is CC1=NC(c2cc(-c3cncc(Cl)c3)ccc2C)(C2CCC(OC(O)(O)O)CC2)N=C1N. The Hall–Kier alpha value is -2.36. The molecule has 9 heteroatoms. The highest BCUT2D eigenvalue weighted by Crippen LogP contribution is 2.48. The molecule has 0 radical (unpaired) electrons. The Morgan fingerprint density at radius 2 is 1.75 bits per heavy atom. The van der Waals surface area contributed by atoms with Crippen LogP contribution in [-0.2, 0) is 10.4 Å². The molecule has 1 aliphatic carbocycles. The van der Waals surface area contributed by atoms with Crippen LogP contribution in [0.4, 0.5) is 0 Å². The average molecular weight is 459 g/mol. The predicted octanol–water partition coefficient (Wildman–Crippen LogP) is 2.86. The maximum Gasteiger partial charge on any atom is 0.405 e. The van der Waals surface area contributed by atoms with Gasteiger partial charge in [0.25, 0.3) is 0 Å². The van der Waals surface area contributed by atoms with Gasteiger partial charge in [0, 0.05) is 29.4 Å². The molecule has 1 aliphatic heterocycles. The number of hydrogen-bond acceptors (Lipinski definition) is 8. The van der Waals surface area contributed by atoms with Crippen molar-refractivity contribution in [2.45, 2.75) is 57.5 Å². The number of pyridine rings is 1. The third-order valence-corrected chi connectivity index (χ3v) is 6.45. The highest BCUT2D eigenvalue weighted by molar-refractivity contribution is 6.41. The van der Waals surface area contributed by atoms with Gasteiger partial charge in [-0.05, 0) is 62.8 Å². The van der Waals surface area contributed by atoms with E-state index < -0.39 is 17.9 Å². The summed E-state index contributed by atoms with van der Waals surface area (Å²) >= 11 is 6.15. The van der Waals surface area contributed by atoms with Crippen molar-refractivity contribution >= 4 is 23.1 Å². The van der Waals surface area contributed by atoms with Crippen LogP contribution in [0.2, 0.25) is 5.02 Å². The van der Waals surface area contributed by atoms with E-state index in [0.29, 0.717) is 42.3 Å². The molecule has 1 aromatic carbocycles. The highest BCUT2D eigenvalue weighted by Gasteiger charge is 2.46. The van der Waals surface area contributed by atoms with Gasteiger partial charge in [-0.15, -0.1) is 0 Å². The first-order valence-electron chi connectivity index (χ1n) is 10.6. The van der Waals surface area contributed by atoms with Gasteiger partial charge < -0.3 is 25.8 Å². The number of nitrogens with zero attached hydrogens (tertiary/aromatic N) is 3. The molecular formula is C23H27ClN4O4. The Bertz CT molecular complexity index is 1050. The van der Waals surface area contributed by atoms with Crippen LogP contribution in [0, 0.1) is 12.8 Å². The van der Waals surface area contributed by atoms with E-state index in [1.165, 1.54) is 0 Å². The maximum absolute atomic E-state index is 9.15. The molecule has 32 heavy (non-hydrogen) atoms. The van der Waals surface area contributed by atoms with Crippen LogP contribution in [-0.4, -0.2) is 44.1 Å². The second-order valence-corrected chi connectivity index (χ2v) is 8.94. The summed E-state index contributed by atoms with van der Waals surface area (Å²) in [6.45, 7) is 3.88. The van der Waals surface area contributed by atoms with E-state index in [1.807, 2.05) is 32.0 Å². The standard InChI is InChI=1S/C23H27ClN4O4/c1-13-3-4-15(16-9-18(24)12-26-11-16)10-20(13)22(27-14(2)21(25)28-22)17-5-7-19(8-6-17)32-23(29,30)31/h3-4,9-12,17,19,29-31H,5-8H2,1-2H3,(H2,25,28). The van der Waals surface area contributed by atoms with Crippen molar-refractivity contribution < 1.29 is 20.1 Å². The second-order valence-electron chi connectivity index (χ2n) is 8.51. The fourth-order valence-corrected chi connectivity index (χ4v) is 4.87. The zero-order chi connectivity index (χ0) is 23.1. The zero-order valence-electron chi connectivity index (χ0n) is 18.0. The number of nitrogens with two attached hydrogens (primary N) is 1. The quantitative estimate of drug-likeness (QED) is 0.509. The molecule has 0 bridgehead atoms. The minimum Gasteiger partial charge on any atom is -0.382 e. The van der Waals surface area contributed by atoms with Crippen molar-refractivity contribution in [1.29, 1.82) is 0 Å². The summed E-state index contributed by atoms with van der Waals surface area (Å²) in [4.78, 5) is 14.0. The van der Waals surface area contributed by atoms with Crippen molar-refractivity contribution in [1.82, 2.24) is 4.98 Å². The molecule has 2 aliphatic rings. The first-order valence-corrected chi connectivity index (χ1v) is 10.9. The molecule has 8 nitrogen and oxygen atoms in total. The third-order valence-electron chi connectivity index (χ3n) is 6.24. The Balaban J connectivity index is 1.72. The van der Waals surface area contributed by atoms with Crippen LogP contribution < -0.4 is 5.73 Å². The monoisotopic (exact) mass is 458 g/mol. The van der Waals surface area contributed by atoms with Crippen LogP contribution >= 0.6 is 11.6 Å². The van der Waals surface area contributed by atoms with Gasteiger partial charge in [0.2, 0.25) is 0 Å². The van der Waals surface area contributed by atoms with Crippen molar-refractivity contribution in [3.05, 3.63) is 52.8 Å². The number of benzene rings is 1. The van der Waals surface area contributed by atoms with Crippen LogP contribution in [0.15, 0.2) is 46.6 Å². The van der Waals surface area contributed by atoms with Gasteiger partial charge in [-0.3, -0.25) is 9.98 Å². The molecule has 5 N–H and O–H groups in total. The van der Waals surface area contributed by atoms with Crippen molar-refractivity contribution in [3.8, 4) is 11.1 Å². The molecule has 1 saturated carbocycles. The molecule has 1 unspecified atom stereocenters. The Labute approximate surface area is 191 Å². The Morgan fingerprint density at radius 1 is 1.03 bits per heavy atom. The minimum absolute atomic E-state index is 0.0234. The number of rotatable bonds is 5. The maximum atomic E-state index is 9.15. The lowest BCUT2D eigenvalue weighted by atomic mass is 9.74. The van der Waals surface area contributed by atoms with Crippen molar-refractivity contribution in [2.24, 2.45) is 21.6 Å². The van der Waals surface area contributed by atoms with E-state index in [-0.39, 0.29) is 5.92 Å².